The van der Waals surface area contributed by atoms with E-state index in [1.54, 1.807) is 12.1 Å². The molecule has 104 valence electrons. The average Bonchev–Trinajstić information content (AvgIpc) is 2.41. The topological polar surface area (TPSA) is 78.3 Å². The van der Waals surface area contributed by atoms with Crippen molar-refractivity contribution in [3.05, 3.63) is 58.4 Å². The van der Waals surface area contributed by atoms with E-state index in [0.717, 1.165) is 0 Å². The van der Waals surface area contributed by atoms with Gasteiger partial charge in [-0.2, -0.15) is 0 Å². The summed E-state index contributed by atoms with van der Waals surface area (Å²) in [7, 11) is 0. The quantitative estimate of drug-likeness (QED) is 0.851. The molecule has 2 aromatic rings. The Morgan fingerprint density at radius 3 is 2.60 bits per heavy atom. The highest BCUT2D eigenvalue weighted by Crippen LogP contribution is 2.23. The fraction of sp³-hybridized carbons (Fsp3) is 0.0714. The summed E-state index contributed by atoms with van der Waals surface area (Å²) in [5.41, 5.74) is 12.4. The molecule has 4 N–H and O–H groups in total. The van der Waals surface area contributed by atoms with E-state index in [4.69, 9.17) is 27.8 Å². The van der Waals surface area contributed by atoms with Crippen LogP contribution in [0.25, 0.3) is 0 Å². The molecule has 0 unspecified atom stereocenters. The summed E-state index contributed by atoms with van der Waals surface area (Å²) in [4.78, 5) is 11.0. The van der Waals surface area contributed by atoms with Crippen molar-refractivity contribution in [1.82, 2.24) is 0 Å². The summed E-state index contributed by atoms with van der Waals surface area (Å²) in [6, 6.07) is 8.77. The minimum Gasteiger partial charge on any atom is -0.489 e. The van der Waals surface area contributed by atoms with Gasteiger partial charge in [-0.3, -0.25) is 4.79 Å². The van der Waals surface area contributed by atoms with Crippen LogP contribution in [0.5, 0.6) is 5.75 Å². The number of halogens is 2. The van der Waals surface area contributed by atoms with Crippen molar-refractivity contribution < 1.29 is 13.9 Å². The number of benzene rings is 2. The molecule has 0 radical (unpaired) electrons. The van der Waals surface area contributed by atoms with E-state index in [1.807, 2.05) is 0 Å². The van der Waals surface area contributed by atoms with Crippen LogP contribution in [0.2, 0.25) is 5.02 Å². The zero-order valence-electron chi connectivity index (χ0n) is 10.4. The lowest BCUT2D eigenvalue weighted by atomic mass is 10.1. The molecule has 2 aromatic carbocycles. The van der Waals surface area contributed by atoms with Gasteiger partial charge in [0, 0.05) is 22.9 Å². The fourth-order valence-corrected chi connectivity index (χ4v) is 1.78. The minimum atomic E-state index is -0.547. The molecule has 1 amide bonds. The smallest absolute Gasteiger partial charge is 0.248 e. The van der Waals surface area contributed by atoms with Crippen molar-refractivity contribution in [3.63, 3.8) is 0 Å². The standard InChI is InChI=1S/C14H12ClFN2O2/c15-11-6-10(3-4-12(11)16)20-7-9-2-1-8(14(18)19)5-13(9)17/h1-6H,7,17H2,(H2,18,19). The summed E-state index contributed by atoms with van der Waals surface area (Å²) in [6.45, 7) is 0.173. The third kappa shape index (κ3) is 3.19. The number of hydrogen-bond donors (Lipinski definition) is 2. The minimum absolute atomic E-state index is 0.0143. The second kappa shape index (κ2) is 5.79. The first-order valence-corrected chi connectivity index (χ1v) is 6.11. The van der Waals surface area contributed by atoms with Crippen molar-refractivity contribution in [1.29, 1.82) is 0 Å². The summed E-state index contributed by atoms with van der Waals surface area (Å²) in [5, 5.41) is -0.0143. The highest BCUT2D eigenvalue weighted by atomic mass is 35.5. The van der Waals surface area contributed by atoms with Gasteiger partial charge in [0.25, 0.3) is 0 Å². The third-order valence-electron chi connectivity index (χ3n) is 2.72. The Labute approximate surface area is 120 Å². The molecule has 0 aliphatic carbocycles. The number of nitrogens with two attached hydrogens (primary N) is 2. The largest absolute Gasteiger partial charge is 0.489 e. The van der Waals surface area contributed by atoms with E-state index >= 15 is 0 Å². The van der Waals surface area contributed by atoms with Crippen molar-refractivity contribution in [2.45, 2.75) is 6.61 Å². The fourth-order valence-electron chi connectivity index (χ4n) is 1.61. The number of rotatable bonds is 4. The van der Waals surface area contributed by atoms with Crippen LogP contribution < -0.4 is 16.2 Å². The molecular weight excluding hydrogens is 283 g/mol. The third-order valence-corrected chi connectivity index (χ3v) is 3.01. The lowest BCUT2D eigenvalue weighted by Gasteiger charge is -2.10. The first-order chi connectivity index (χ1) is 9.47. The molecule has 0 atom stereocenters. The predicted molar refractivity (Wildman–Crippen MR) is 75.1 cm³/mol. The van der Waals surface area contributed by atoms with Crippen LogP contribution in [0.3, 0.4) is 0 Å². The molecule has 0 saturated carbocycles. The Morgan fingerprint density at radius 2 is 2.00 bits per heavy atom. The molecule has 2 rings (SSSR count). The molecule has 0 saturated heterocycles. The molecule has 0 aliphatic heterocycles. The number of amides is 1. The van der Waals surface area contributed by atoms with Gasteiger partial charge in [-0.25, -0.2) is 4.39 Å². The molecule has 0 spiro atoms. The maximum atomic E-state index is 13.0. The first kappa shape index (κ1) is 14.1. The number of carbonyl (C=O) groups is 1. The molecule has 0 heterocycles. The van der Waals surface area contributed by atoms with Gasteiger partial charge in [0.1, 0.15) is 18.2 Å². The van der Waals surface area contributed by atoms with E-state index < -0.39 is 11.7 Å². The summed E-state index contributed by atoms with van der Waals surface area (Å²) >= 11 is 5.65. The molecule has 0 aromatic heterocycles. The monoisotopic (exact) mass is 294 g/mol. The van der Waals surface area contributed by atoms with Crippen LogP contribution in [0.1, 0.15) is 15.9 Å². The van der Waals surface area contributed by atoms with E-state index in [9.17, 15) is 9.18 Å². The Hall–Kier alpha value is -2.27. The molecule has 4 nitrogen and oxygen atoms in total. The highest BCUT2D eigenvalue weighted by molar-refractivity contribution is 6.30. The molecule has 0 aliphatic rings. The van der Waals surface area contributed by atoms with Crippen molar-refractivity contribution in [2.24, 2.45) is 5.73 Å². The zero-order chi connectivity index (χ0) is 14.7. The molecule has 6 heteroatoms. The highest BCUT2D eigenvalue weighted by Gasteiger charge is 2.07. The zero-order valence-corrected chi connectivity index (χ0v) is 11.2. The lowest BCUT2D eigenvalue weighted by molar-refractivity contribution is 0.100. The second-order valence-corrected chi connectivity index (χ2v) is 4.55. The van der Waals surface area contributed by atoms with Gasteiger partial charge in [-0.15, -0.1) is 0 Å². The number of nitrogen functional groups attached to an aromatic ring is 1. The predicted octanol–water partition coefficient (Wildman–Crippen LogP) is 2.74. The van der Waals surface area contributed by atoms with Crippen LogP contribution in [0.15, 0.2) is 36.4 Å². The summed E-state index contributed by atoms with van der Waals surface area (Å²) in [5.74, 6) is -0.631. The van der Waals surface area contributed by atoms with E-state index in [2.05, 4.69) is 0 Å². The molecule has 0 fully saturated rings. The van der Waals surface area contributed by atoms with Gasteiger partial charge in [0.05, 0.1) is 5.02 Å². The van der Waals surface area contributed by atoms with Crippen LogP contribution >= 0.6 is 11.6 Å². The first-order valence-electron chi connectivity index (χ1n) is 5.73. The van der Waals surface area contributed by atoms with Crippen molar-refractivity contribution in [2.75, 3.05) is 5.73 Å². The maximum Gasteiger partial charge on any atom is 0.248 e. The number of carbonyl (C=O) groups excluding carboxylic acids is 1. The average molecular weight is 295 g/mol. The summed E-state index contributed by atoms with van der Waals surface area (Å²) in [6.07, 6.45) is 0. The van der Waals surface area contributed by atoms with Crippen molar-refractivity contribution >= 4 is 23.2 Å². The number of hydrogen-bond acceptors (Lipinski definition) is 3. The van der Waals surface area contributed by atoms with Crippen LogP contribution in [-0.4, -0.2) is 5.91 Å². The summed E-state index contributed by atoms with van der Waals surface area (Å²) < 4.78 is 18.5. The Morgan fingerprint density at radius 1 is 1.25 bits per heavy atom. The van der Waals surface area contributed by atoms with Gasteiger partial charge in [0.2, 0.25) is 5.91 Å². The number of anilines is 1. The van der Waals surface area contributed by atoms with E-state index in [-0.39, 0.29) is 11.6 Å². The van der Waals surface area contributed by atoms with E-state index in [1.165, 1.54) is 24.3 Å². The number of ether oxygens (including phenoxy) is 1. The van der Waals surface area contributed by atoms with Crippen LogP contribution in [0.4, 0.5) is 10.1 Å². The Balaban J connectivity index is 2.10. The second-order valence-electron chi connectivity index (χ2n) is 4.14. The Kier molecular flexibility index (Phi) is 4.10. The molecule has 0 bridgehead atoms. The van der Waals surface area contributed by atoms with Gasteiger partial charge >= 0.3 is 0 Å². The molecular formula is C14H12ClFN2O2. The number of primary amides is 1. The lowest BCUT2D eigenvalue weighted by Crippen LogP contribution is -2.12. The normalized spacial score (nSPS) is 10.3. The van der Waals surface area contributed by atoms with Crippen LogP contribution in [-0.2, 0) is 6.61 Å². The van der Waals surface area contributed by atoms with Crippen LogP contribution in [0, 0.1) is 5.82 Å². The maximum absolute atomic E-state index is 13.0. The molecule has 20 heavy (non-hydrogen) atoms. The van der Waals surface area contributed by atoms with Gasteiger partial charge < -0.3 is 16.2 Å². The SMILES string of the molecule is NC(=O)c1ccc(COc2ccc(F)c(Cl)c2)c(N)c1. The van der Waals surface area contributed by atoms with Gasteiger partial charge in [0.15, 0.2) is 0 Å². The van der Waals surface area contributed by atoms with Gasteiger partial charge in [-0.1, -0.05) is 17.7 Å². The van der Waals surface area contributed by atoms with Gasteiger partial charge in [-0.05, 0) is 24.3 Å². The van der Waals surface area contributed by atoms with Crippen molar-refractivity contribution in [3.8, 4) is 5.75 Å². The van der Waals surface area contributed by atoms with E-state index in [0.29, 0.717) is 22.6 Å². The Bertz CT molecular complexity index is 662.